The first kappa shape index (κ1) is 12.9. The highest BCUT2D eigenvalue weighted by Crippen LogP contribution is 2.02. The molecular formula is C8H20ClN. The fourth-order valence-corrected chi connectivity index (χ4v) is 0.981. The van der Waals surface area contributed by atoms with Crippen LogP contribution in [0.2, 0.25) is 0 Å². The first-order chi connectivity index (χ1) is 4.31. The average Bonchev–Trinajstić information content (AvgIpc) is 1.85. The van der Waals surface area contributed by atoms with Gasteiger partial charge in [-0.15, -0.1) is 12.4 Å². The molecule has 0 radical (unpaired) electrons. The van der Waals surface area contributed by atoms with Gasteiger partial charge in [-0.3, -0.25) is 0 Å². The van der Waals surface area contributed by atoms with Crippen molar-refractivity contribution in [2.45, 2.75) is 52.0 Å². The van der Waals surface area contributed by atoms with E-state index in [9.17, 15) is 0 Å². The van der Waals surface area contributed by atoms with Crippen LogP contribution < -0.4 is 5.73 Å². The summed E-state index contributed by atoms with van der Waals surface area (Å²) in [5, 5.41) is 0. The molecule has 64 valence electrons. The van der Waals surface area contributed by atoms with E-state index in [1.807, 2.05) is 0 Å². The minimum absolute atomic E-state index is 0. The smallest absolute Gasteiger partial charge is 0.00387 e. The zero-order valence-corrected chi connectivity index (χ0v) is 7.91. The van der Waals surface area contributed by atoms with Crippen LogP contribution in [0.5, 0.6) is 0 Å². The summed E-state index contributed by atoms with van der Waals surface area (Å²) in [4.78, 5) is 0. The van der Waals surface area contributed by atoms with Gasteiger partial charge in [0.05, 0.1) is 0 Å². The summed E-state index contributed by atoms with van der Waals surface area (Å²) in [5.41, 5.74) is 5.77. The third kappa shape index (κ3) is 8.25. The molecule has 0 bridgehead atoms. The highest BCUT2D eigenvalue weighted by molar-refractivity contribution is 5.85. The lowest BCUT2D eigenvalue weighted by molar-refractivity contribution is 0.535. The van der Waals surface area contributed by atoms with Gasteiger partial charge in [-0.2, -0.15) is 0 Å². The van der Waals surface area contributed by atoms with E-state index in [2.05, 4.69) is 13.8 Å². The van der Waals surface area contributed by atoms with Crippen LogP contribution in [0.15, 0.2) is 0 Å². The van der Waals surface area contributed by atoms with Crippen LogP contribution >= 0.6 is 12.4 Å². The molecule has 1 nitrogen and oxygen atoms in total. The molecule has 0 amide bonds. The van der Waals surface area contributed by atoms with Crippen molar-refractivity contribution in [2.75, 3.05) is 0 Å². The molecule has 0 saturated carbocycles. The minimum atomic E-state index is 0. The molecule has 0 aliphatic carbocycles. The Morgan fingerprint density at radius 1 is 1.10 bits per heavy atom. The van der Waals surface area contributed by atoms with Crippen molar-refractivity contribution >= 4 is 12.4 Å². The fourth-order valence-electron chi connectivity index (χ4n) is 0.981. The molecule has 0 aromatic heterocycles. The molecule has 0 aromatic carbocycles. The second kappa shape index (κ2) is 9.25. The van der Waals surface area contributed by atoms with Gasteiger partial charge in [0.25, 0.3) is 0 Å². The van der Waals surface area contributed by atoms with Gasteiger partial charge in [0.2, 0.25) is 0 Å². The highest BCUT2D eigenvalue weighted by Gasteiger charge is 1.97. The largest absolute Gasteiger partial charge is 0.328 e. The Bertz CT molecular complexity index is 57.2. The van der Waals surface area contributed by atoms with Gasteiger partial charge in [-0.05, 0) is 12.8 Å². The van der Waals surface area contributed by atoms with Gasteiger partial charge in [0, 0.05) is 6.04 Å². The molecule has 2 heteroatoms. The van der Waals surface area contributed by atoms with Crippen LogP contribution in [0.25, 0.3) is 0 Å². The quantitative estimate of drug-likeness (QED) is 0.666. The molecule has 0 aromatic rings. The molecule has 1 atom stereocenters. The Hall–Kier alpha value is 0.250. The third-order valence-electron chi connectivity index (χ3n) is 1.59. The second-order valence-corrected chi connectivity index (χ2v) is 2.69. The summed E-state index contributed by atoms with van der Waals surface area (Å²) in [5.74, 6) is 0. The van der Waals surface area contributed by atoms with Crippen LogP contribution in [-0.2, 0) is 0 Å². The van der Waals surface area contributed by atoms with E-state index in [1.54, 1.807) is 0 Å². The molecule has 10 heavy (non-hydrogen) atoms. The molecular weight excluding hydrogens is 146 g/mol. The Labute approximate surface area is 70.8 Å². The van der Waals surface area contributed by atoms with Gasteiger partial charge in [0.15, 0.2) is 0 Å². The molecule has 0 spiro atoms. The summed E-state index contributed by atoms with van der Waals surface area (Å²) in [6.45, 7) is 4.39. The van der Waals surface area contributed by atoms with Crippen LogP contribution in [0.1, 0.15) is 46.0 Å². The summed E-state index contributed by atoms with van der Waals surface area (Å²) < 4.78 is 0. The summed E-state index contributed by atoms with van der Waals surface area (Å²) in [6.07, 6.45) is 6.20. The normalized spacial score (nSPS) is 12.3. The number of unbranched alkanes of at least 4 members (excludes halogenated alkanes) is 1. The second-order valence-electron chi connectivity index (χ2n) is 2.69. The number of nitrogens with two attached hydrogens (primary N) is 1. The lowest BCUT2D eigenvalue weighted by Gasteiger charge is -2.07. The van der Waals surface area contributed by atoms with Crippen molar-refractivity contribution in [1.29, 1.82) is 0 Å². The summed E-state index contributed by atoms with van der Waals surface area (Å²) >= 11 is 0. The number of halogens is 1. The van der Waals surface area contributed by atoms with E-state index >= 15 is 0 Å². The monoisotopic (exact) mass is 165 g/mol. The Kier molecular flexibility index (Phi) is 11.9. The zero-order chi connectivity index (χ0) is 7.11. The maximum Gasteiger partial charge on any atom is 0.00387 e. The van der Waals surface area contributed by atoms with E-state index in [0.29, 0.717) is 6.04 Å². The summed E-state index contributed by atoms with van der Waals surface area (Å²) in [7, 11) is 0. The SMILES string of the molecule is CCCCC(N)CCC.Cl. The van der Waals surface area contributed by atoms with Crippen molar-refractivity contribution in [3.8, 4) is 0 Å². The summed E-state index contributed by atoms with van der Waals surface area (Å²) in [6, 6.07) is 0.468. The Morgan fingerprint density at radius 3 is 2.10 bits per heavy atom. The number of hydrogen-bond acceptors (Lipinski definition) is 1. The average molecular weight is 166 g/mol. The van der Waals surface area contributed by atoms with Gasteiger partial charge in [-0.25, -0.2) is 0 Å². The van der Waals surface area contributed by atoms with Gasteiger partial charge in [0.1, 0.15) is 0 Å². The maximum atomic E-state index is 5.77. The van der Waals surface area contributed by atoms with Gasteiger partial charge >= 0.3 is 0 Å². The number of rotatable bonds is 5. The standard InChI is InChI=1S/C8H19N.ClH/c1-3-5-7-8(9)6-4-2;/h8H,3-7,9H2,1-2H3;1H. The van der Waals surface area contributed by atoms with Gasteiger partial charge < -0.3 is 5.73 Å². The zero-order valence-electron chi connectivity index (χ0n) is 7.10. The molecule has 0 aliphatic heterocycles. The predicted molar refractivity (Wildman–Crippen MR) is 49.7 cm³/mol. The molecule has 0 fully saturated rings. The predicted octanol–water partition coefficient (Wildman–Crippen LogP) is 2.73. The molecule has 0 heterocycles. The lowest BCUT2D eigenvalue weighted by Crippen LogP contribution is -2.18. The van der Waals surface area contributed by atoms with Crippen LogP contribution in [-0.4, -0.2) is 6.04 Å². The van der Waals surface area contributed by atoms with Crippen LogP contribution in [0, 0.1) is 0 Å². The van der Waals surface area contributed by atoms with E-state index in [-0.39, 0.29) is 12.4 Å². The lowest BCUT2D eigenvalue weighted by atomic mass is 10.1. The molecule has 0 rings (SSSR count). The maximum absolute atomic E-state index is 5.77. The fraction of sp³-hybridized carbons (Fsp3) is 1.00. The van der Waals surface area contributed by atoms with Gasteiger partial charge in [-0.1, -0.05) is 33.1 Å². The highest BCUT2D eigenvalue weighted by atomic mass is 35.5. The topological polar surface area (TPSA) is 26.0 Å². The first-order valence-corrected chi connectivity index (χ1v) is 4.06. The van der Waals surface area contributed by atoms with Crippen molar-refractivity contribution < 1.29 is 0 Å². The Morgan fingerprint density at radius 2 is 1.70 bits per heavy atom. The first-order valence-electron chi connectivity index (χ1n) is 4.06. The van der Waals surface area contributed by atoms with E-state index in [4.69, 9.17) is 5.73 Å². The Balaban J connectivity index is 0. The van der Waals surface area contributed by atoms with Crippen LogP contribution in [0.4, 0.5) is 0 Å². The molecule has 0 saturated heterocycles. The van der Waals surface area contributed by atoms with Crippen molar-refractivity contribution in [3.63, 3.8) is 0 Å². The van der Waals surface area contributed by atoms with E-state index < -0.39 is 0 Å². The van der Waals surface area contributed by atoms with Crippen molar-refractivity contribution in [2.24, 2.45) is 5.73 Å². The van der Waals surface area contributed by atoms with Crippen molar-refractivity contribution in [3.05, 3.63) is 0 Å². The van der Waals surface area contributed by atoms with Crippen molar-refractivity contribution in [1.82, 2.24) is 0 Å². The van der Waals surface area contributed by atoms with Crippen LogP contribution in [0.3, 0.4) is 0 Å². The van der Waals surface area contributed by atoms with E-state index in [0.717, 1.165) is 0 Å². The molecule has 2 N–H and O–H groups in total. The molecule has 0 aliphatic rings. The molecule has 1 unspecified atom stereocenters. The minimum Gasteiger partial charge on any atom is -0.328 e. The van der Waals surface area contributed by atoms with E-state index in [1.165, 1.54) is 32.1 Å². The number of hydrogen-bond donors (Lipinski definition) is 1. The third-order valence-corrected chi connectivity index (χ3v) is 1.59.